The molecule has 1 aromatic carbocycles. The molecule has 2 aliphatic heterocycles. The molecule has 0 aliphatic carbocycles. The van der Waals surface area contributed by atoms with Crippen LogP contribution in [0.3, 0.4) is 0 Å². The van der Waals surface area contributed by atoms with Crippen LogP contribution in [0.15, 0.2) is 30.7 Å². The van der Waals surface area contributed by atoms with Gasteiger partial charge in [-0.2, -0.15) is 0 Å². The van der Waals surface area contributed by atoms with Gasteiger partial charge in [-0.1, -0.05) is 13.8 Å². The predicted octanol–water partition coefficient (Wildman–Crippen LogP) is 5.11. The molecule has 0 atom stereocenters. The molecular formula is C28H35N5O2. The van der Waals surface area contributed by atoms with E-state index in [1.807, 2.05) is 4.40 Å². The van der Waals surface area contributed by atoms with Crippen LogP contribution in [-0.4, -0.2) is 63.4 Å². The number of fused-ring (bicyclic) bond motifs is 2. The van der Waals surface area contributed by atoms with Crippen molar-refractivity contribution in [2.75, 3.05) is 32.9 Å². The van der Waals surface area contributed by atoms with Crippen molar-refractivity contribution in [1.29, 1.82) is 0 Å². The number of likely N-dealkylation sites (tertiary alicyclic amines) is 1. The van der Waals surface area contributed by atoms with Crippen LogP contribution >= 0.6 is 0 Å². The number of piperidine rings is 1. The first-order valence-electron chi connectivity index (χ1n) is 12.9. The largest absolute Gasteiger partial charge is 0.493 e. The van der Waals surface area contributed by atoms with Gasteiger partial charge in [0, 0.05) is 22.7 Å². The Balaban J connectivity index is 1.26. The van der Waals surface area contributed by atoms with Crippen molar-refractivity contribution in [2.24, 2.45) is 5.92 Å². The van der Waals surface area contributed by atoms with Gasteiger partial charge in [-0.05, 0) is 86.5 Å². The minimum atomic E-state index is 0.366. The Morgan fingerprint density at radius 2 is 1.94 bits per heavy atom. The van der Waals surface area contributed by atoms with Gasteiger partial charge in [0.1, 0.15) is 12.1 Å². The fourth-order valence-electron chi connectivity index (χ4n) is 5.69. The van der Waals surface area contributed by atoms with Crippen molar-refractivity contribution in [1.82, 2.24) is 24.5 Å². The van der Waals surface area contributed by atoms with E-state index in [0.29, 0.717) is 17.9 Å². The third-order valence-corrected chi connectivity index (χ3v) is 8.07. The van der Waals surface area contributed by atoms with Gasteiger partial charge in [-0.3, -0.25) is 9.30 Å². The van der Waals surface area contributed by atoms with Crippen molar-refractivity contribution in [2.45, 2.75) is 52.5 Å². The highest BCUT2D eigenvalue weighted by Crippen LogP contribution is 2.39. The SMILES string of the molecule is Cc1c(-c2[nH]c3ccc(OCC4CCN(C5COC5)CC4)cc3c2C(C)C)cn2cnnc2c1C. The number of aryl methyl sites for hydroxylation is 1. The number of hydrogen-bond donors (Lipinski definition) is 1. The predicted molar refractivity (Wildman–Crippen MR) is 138 cm³/mol. The Kier molecular flexibility index (Phi) is 5.77. The lowest BCUT2D eigenvalue weighted by Gasteiger charge is -2.41. The van der Waals surface area contributed by atoms with Crippen molar-refractivity contribution < 1.29 is 9.47 Å². The minimum absolute atomic E-state index is 0.366. The lowest BCUT2D eigenvalue weighted by molar-refractivity contribution is -0.0750. The second kappa shape index (κ2) is 8.95. The van der Waals surface area contributed by atoms with Gasteiger partial charge < -0.3 is 14.5 Å². The summed E-state index contributed by atoms with van der Waals surface area (Å²) in [5, 5.41) is 9.63. The molecule has 7 nitrogen and oxygen atoms in total. The molecule has 2 fully saturated rings. The molecule has 4 aromatic rings. The fraction of sp³-hybridized carbons (Fsp3) is 0.500. The molecule has 0 saturated carbocycles. The molecule has 3 aromatic heterocycles. The Labute approximate surface area is 206 Å². The summed E-state index contributed by atoms with van der Waals surface area (Å²) in [7, 11) is 0. The van der Waals surface area contributed by atoms with Gasteiger partial charge in [0.25, 0.3) is 0 Å². The van der Waals surface area contributed by atoms with Crippen molar-refractivity contribution in [3.63, 3.8) is 0 Å². The summed E-state index contributed by atoms with van der Waals surface area (Å²) < 4.78 is 13.7. The molecule has 5 heterocycles. The Morgan fingerprint density at radius 3 is 2.66 bits per heavy atom. The molecule has 0 unspecified atom stereocenters. The Morgan fingerprint density at radius 1 is 1.14 bits per heavy atom. The molecule has 0 bridgehead atoms. The van der Waals surface area contributed by atoms with Crippen molar-refractivity contribution in [3.8, 4) is 17.0 Å². The van der Waals surface area contributed by atoms with Gasteiger partial charge >= 0.3 is 0 Å². The molecule has 6 rings (SSSR count). The van der Waals surface area contributed by atoms with E-state index < -0.39 is 0 Å². The number of pyridine rings is 1. The molecule has 0 amide bonds. The standard InChI is InChI=1S/C28H35N5O2/c1-17(2)26-23-11-22(35-13-20-7-9-32(10-8-20)21-14-34-15-21)5-6-25(23)30-27(26)24-12-33-16-29-31-28(33)19(4)18(24)3/h5-6,11-12,16-17,20-21,30H,7-10,13-15H2,1-4H3. The fourth-order valence-corrected chi connectivity index (χ4v) is 5.69. The van der Waals surface area contributed by atoms with Crippen LogP contribution in [0.4, 0.5) is 0 Å². The van der Waals surface area contributed by atoms with Gasteiger partial charge in [0.05, 0.1) is 31.6 Å². The molecule has 2 saturated heterocycles. The maximum absolute atomic E-state index is 6.35. The second-order valence-electron chi connectivity index (χ2n) is 10.6. The molecule has 1 N–H and O–H groups in total. The van der Waals surface area contributed by atoms with Crippen molar-refractivity contribution >= 4 is 16.6 Å². The zero-order valence-corrected chi connectivity index (χ0v) is 21.2. The van der Waals surface area contributed by atoms with E-state index in [1.54, 1.807) is 6.33 Å². The number of aromatic nitrogens is 4. The second-order valence-corrected chi connectivity index (χ2v) is 10.6. The molecule has 35 heavy (non-hydrogen) atoms. The van der Waals surface area contributed by atoms with Crippen LogP contribution in [0.25, 0.3) is 27.8 Å². The molecule has 2 aliphatic rings. The first kappa shape index (κ1) is 22.6. The highest BCUT2D eigenvalue weighted by atomic mass is 16.5. The summed E-state index contributed by atoms with van der Waals surface area (Å²) in [6, 6.07) is 7.15. The summed E-state index contributed by atoms with van der Waals surface area (Å²) >= 11 is 0. The van der Waals surface area contributed by atoms with Crippen LogP contribution in [-0.2, 0) is 4.74 Å². The minimum Gasteiger partial charge on any atom is -0.493 e. The number of aromatic amines is 1. The molecular weight excluding hydrogens is 438 g/mol. The average Bonchev–Trinajstić information content (AvgIpc) is 3.44. The van der Waals surface area contributed by atoms with E-state index in [2.05, 4.69) is 72.2 Å². The number of nitrogens with one attached hydrogen (secondary N) is 1. The number of benzene rings is 1. The van der Waals surface area contributed by atoms with Crippen LogP contribution in [0.5, 0.6) is 5.75 Å². The number of ether oxygens (including phenoxy) is 2. The monoisotopic (exact) mass is 473 g/mol. The number of hydrogen-bond acceptors (Lipinski definition) is 5. The van der Waals surface area contributed by atoms with Crippen LogP contribution in [0.2, 0.25) is 0 Å². The van der Waals surface area contributed by atoms with Gasteiger partial charge in [-0.15, -0.1) is 10.2 Å². The van der Waals surface area contributed by atoms with E-state index in [9.17, 15) is 0 Å². The first-order valence-corrected chi connectivity index (χ1v) is 12.9. The zero-order chi connectivity index (χ0) is 24.1. The zero-order valence-electron chi connectivity index (χ0n) is 21.2. The summed E-state index contributed by atoms with van der Waals surface area (Å²) in [5.41, 5.74) is 8.15. The third kappa shape index (κ3) is 4.00. The van der Waals surface area contributed by atoms with E-state index >= 15 is 0 Å². The average molecular weight is 474 g/mol. The summed E-state index contributed by atoms with van der Waals surface area (Å²) in [6.45, 7) is 13.8. The maximum atomic E-state index is 6.35. The highest BCUT2D eigenvalue weighted by molar-refractivity contribution is 5.93. The Bertz CT molecular complexity index is 1360. The normalized spacial score (nSPS) is 18.1. The van der Waals surface area contributed by atoms with Gasteiger partial charge in [0.2, 0.25) is 0 Å². The van der Waals surface area contributed by atoms with Crippen LogP contribution in [0, 0.1) is 19.8 Å². The number of nitrogens with zero attached hydrogens (tertiary/aromatic N) is 4. The van der Waals surface area contributed by atoms with E-state index in [0.717, 1.165) is 55.4 Å². The summed E-state index contributed by atoms with van der Waals surface area (Å²) in [5.74, 6) is 1.95. The highest BCUT2D eigenvalue weighted by Gasteiger charge is 2.29. The molecule has 184 valence electrons. The molecule has 0 spiro atoms. The van der Waals surface area contributed by atoms with Crippen LogP contribution in [0.1, 0.15) is 49.3 Å². The van der Waals surface area contributed by atoms with Gasteiger partial charge in [-0.25, -0.2) is 0 Å². The maximum Gasteiger partial charge on any atom is 0.163 e. The lowest BCUT2D eigenvalue weighted by atomic mass is 9.94. The first-order chi connectivity index (χ1) is 17.0. The summed E-state index contributed by atoms with van der Waals surface area (Å²) in [6.07, 6.45) is 6.33. The van der Waals surface area contributed by atoms with Gasteiger partial charge in [0.15, 0.2) is 5.65 Å². The van der Waals surface area contributed by atoms with E-state index in [1.165, 1.54) is 40.6 Å². The third-order valence-electron chi connectivity index (χ3n) is 8.07. The molecule has 0 radical (unpaired) electrons. The van der Waals surface area contributed by atoms with Crippen LogP contribution < -0.4 is 4.74 Å². The number of rotatable bonds is 6. The molecule has 7 heteroatoms. The Hall–Kier alpha value is -2.90. The van der Waals surface area contributed by atoms with E-state index in [-0.39, 0.29) is 0 Å². The summed E-state index contributed by atoms with van der Waals surface area (Å²) in [4.78, 5) is 6.31. The lowest BCUT2D eigenvalue weighted by Crippen LogP contribution is -2.52. The number of H-pyrrole nitrogens is 1. The van der Waals surface area contributed by atoms with E-state index in [4.69, 9.17) is 9.47 Å². The van der Waals surface area contributed by atoms with Crippen molar-refractivity contribution in [3.05, 3.63) is 47.4 Å². The smallest absolute Gasteiger partial charge is 0.163 e. The quantitative estimate of drug-likeness (QED) is 0.422. The topological polar surface area (TPSA) is 67.7 Å².